The van der Waals surface area contributed by atoms with Gasteiger partial charge in [-0.2, -0.15) is 26.0 Å². The molecule has 2 N–H and O–H groups in total. The van der Waals surface area contributed by atoms with Crippen LogP contribution in [0.15, 0.2) is 179 Å². The van der Waals surface area contributed by atoms with Crippen molar-refractivity contribution in [3.63, 3.8) is 0 Å². The second-order valence-corrected chi connectivity index (χ2v) is 44.6. The Hall–Kier alpha value is -3.25. The zero-order chi connectivity index (χ0) is 102. The predicted octanol–water partition coefficient (Wildman–Crippen LogP) is 19.4. The van der Waals surface area contributed by atoms with Crippen LogP contribution >= 0.6 is 165 Å². The van der Waals surface area contributed by atoms with Gasteiger partial charge in [-0.1, -0.05) is 122 Å². The summed E-state index contributed by atoms with van der Waals surface area (Å²) in [6.45, 7) is 43.1. The normalized spacial score (nSPS) is 14.4. The third-order valence-electron chi connectivity index (χ3n) is 20.3. The fourth-order valence-corrected chi connectivity index (χ4v) is 15.0. The number of aryl methyl sites for hydroxylation is 4. The molecular weight excluding hydrogens is 2530 g/mol. The van der Waals surface area contributed by atoms with Crippen molar-refractivity contribution in [3.05, 3.63) is 306 Å². The third kappa shape index (κ3) is 42.9. The number of carbonyl (C=O) groups is 5. The van der Waals surface area contributed by atoms with Crippen molar-refractivity contribution in [3.8, 4) is 0 Å². The zero-order valence-corrected chi connectivity index (χ0v) is 102. The van der Waals surface area contributed by atoms with Gasteiger partial charge in [-0.3, -0.25) is 28.8 Å². The van der Waals surface area contributed by atoms with E-state index in [1.807, 2.05) is 164 Å². The number of alkyl carbamates (subject to hydrolysis) is 2. The summed E-state index contributed by atoms with van der Waals surface area (Å²) in [5, 5.41) is 7.85. The minimum absolute atomic E-state index is 0. The average molecular weight is 2650 g/mol. The summed E-state index contributed by atoms with van der Waals surface area (Å²) in [6, 6.07) is 38.3. The number of benzene rings is 7. The Morgan fingerprint density at radius 1 is 0.507 bits per heavy atom. The molecule has 0 atom stereocenters. The van der Waals surface area contributed by atoms with Gasteiger partial charge in [-0.05, 0) is 312 Å². The monoisotopic (exact) mass is 2640 g/mol. The fourth-order valence-electron chi connectivity index (χ4n) is 11.0. The maximum absolute atomic E-state index is 13.8. The average Bonchev–Trinajstić information content (AvgIpc) is 1.59. The maximum Gasteiger partial charge on any atom is 2.00 e. The molecule has 12 rings (SSSR count). The van der Waals surface area contributed by atoms with Crippen molar-refractivity contribution >= 4 is 267 Å². The van der Waals surface area contributed by atoms with E-state index in [0.717, 1.165) is 37.8 Å². The van der Waals surface area contributed by atoms with Crippen LogP contribution in [0.2, 0.25) is 20.1 Å². The molecule has 43 heteroatoms. The molecule has 21 nitrogen and oxygen atoms in total. The Kier molecular flexibility index (Phi) is 58.3. The first-order valence-corrected chi connectivity index (χ1v) is 48.9. The van der Waals surface area contributed by atoms with E-state index in [1.54, 1.807) is 124 Å². The van der Waals surface area contributed by atoms with Gasteiger partial charge in [0.15, 0.2) is 11.6 Å². The van der Waals surface area contributed by atoms with Crippen molar-refractivity contribution < 1.29 is 120 Å². The zero-order valence-electron chi connectivity index (χ0n) is 81.4. The van der Waals surface area contributed by atoms with E-state index in [0.29, 0.717) is 55.8 Å². The quantitative estimate of drug-likeness (QED) is 0.0159. The molecule has 7 aromatic carbocycles. The number of hydrogen-bond donors (Lipinski definition) is 2. The number of halogens is 17. The van der Waals surface area contributed by atoms with Gasteiger partial charge >= 0.3 is 79.4 Å². The smallest absolute Gasteiger partial charge is 1.00 e. The van der Waals surface area contributed by atoms with E-state index in [4.69, 9.17) is 88.6 Å². The molecule has 3 amide bonds. The molecule has 0 aliphatic carbocycles. The van der Waals surface area contributed by atoms with Crippen LogP contribution in [0.3, 0.4) is 0 Å². The number of aromatic nitrogens is 2. The number of hydrogen-bond acceptors (Lipinski definition) is 16. The van der Waals surface area contributed by atoms with Crippen LogP contribution < -0.4 is 63.6 Å². The van der Waals surface area contributed by atoms with E-state index in [2.05, 4.69) is 112 Å². The number of rotatable bonds is 13. The molecular formula is C95H111B3Br6Cl5F4I2Mg2N5O16. The molecule has 0 saturated carbocycles. The molecule has 0 radical (unpaired) electrons. The number of alkyl halides is 2. The number of nitrogens with zero attached hydrogens (tertiary/aromatic N) is 3. The number of carbonyl (C=O) groups excluding carboxylic acids is 5. The topological polar surface area (TPSA) is 240 Å². The van der Waals surface area contributed by atoms with Gasteiger partial charge in [0, 0.05) is 118 Å². The van der Waals surface area contributed by atoms with Crippen LogP contribution in [0, 0.1) is 53.2 Å². The number of nitrogens with one attached hydrogen (secondary N) is 2. The number of amides is 3. The summed E-state index contributed by atoms with van der Waals surface area (Å²) in [6.07, 6.45) is 4.30. The van der Waals surface area contributed by atoms with Crippen LogP contribution in [-0.2, 0) is 69.4 Å². The molecule has 0 unspecified atom stereocenters. The van der Waals surface area contributed by atoms with Crippen molar-refractivity contribution in [2.45, 2.75) is 214 Å². The van der Waals surface area contributed by atoms with E-state index in [1.165, 1.54) is 75.9 Å². The van der Waals surface area contributed by atoms with Gasteiger partial charge in [0.2, 0.25) is 0 Å². The Labute approximate surface area is 948 Å². The molecule has 9 aromatic rings. The van der Waals surface area contributed by atoms with Gasteiger partial charge in [-0.25, -0.2) is 32.2 Å². The van der Waals surface area contributed by atoms with Gasteiger partial charge in [-0.15, -0.1) is 23.7 Å². The molecule has 2 aromatic heterocycles. The third-order valence-corrected chi connectivity index (χ3v) is 25.8. The fraction of sp³-hybridized carbons (Fsp3) is 0.389. The van der Waals surface area contributed by atoms with E-state index in [9.17, 15) is 51.1 Å². The number of pyridine rings is 2. The molecule has 138 heavy (non-hydrogen) atoms. The Morgan fingerprint density at radius 3 is 1.19 bits per heavy atom. The number of hydroxylamine groups is 2. The second-order valence-electron chi connectivity index (χ2n) is 35.2. The first-order valence-electron chi connectivity index (χ1n) is 41.3. The van der Waals surface area contributed by atoms with Crippen molar-refractivity contribution in [2.75, 3.05) is 14.2 Å². The van der Waals surface area contributed by atoms with E-state index < -0.39 is 79.0 Å². The van der Waals surface area contributed by atoms with E-state index in [-0.39, 0.29) is 172 Å². The van der Waals surface area contributed by atoms with Gasteiger partial charge in [0.25, 0.3) is 17.0 Å². The molecule has 3 saturated heterocycles. The Morgan fingerprint density at radius 2 is 0.848 bits per heavy atom. The van der Waals surface area contributed by atoms with Crippen LogP contribution in [0.1, 0.15) is 212 Å². The molecule has 3 aliphatic rings. The van der Waals surface area contributed by atoms with Gasteiger partial charge in [0.05, 0.1) is 61.1 Å². The molecule has 0 bridgehead atoms. The summed E-state index contributed by atoms with van der Waals surface area (Å²) in [4.78, 5) is 88.0. The molecule has 0 spiro atoms. The van der Waals surface area contributed by atoms with Crippen molar-refractivity contribution in [1.82, 2.24) is 24.8 Å². The molecule has 744 valence electrons. The van der Waals surface area contributed by atoms with Crippen LogP contribution in [-0.4, -0.2) is 170 Å². The molecule has 3 aliphatic heterocycles. The maximum atomic E-state index is 13.8. The number of ether oxygens (including phenoxy) is 2. The summed E-state index contributed by atoms with van der Waals surface area (Å²) in [7, 11) is 4.80. The first-order chi connectivity index (χ1) is 61.6. The predicted molar refractivity (Wildman–Crippen MR) is 568 cm³/mol. The van der Waals surface area contributed by atoms with Crippen LogP contribution in [0.5, 0.6) is 0 Å². The molecule has 3 fully saturated rings. The summed E-state index contributed by atoms with van der Waals surface area (Å²) >= 11 is 44.2. The van der Waals surface area contributed by atoms with Crippen LogP contribution in [0.4, 0.5) is 27.2 Å². The Bertz CT molecular complexity index is 5570. The first kappa shape index (κ1) is 135. The van der Waals surface area contributed by atoms with Gasteiger partial charge < -0.3 is 100.0 Å². The van der Waals surface area contributed by atoms with E-state index >= 15 is 0 Å². The SMILES string of the molecule is CC1(C)OB(B2OC(C)(C)C(C)(C)O2)OC1(C)C.CON(C)C(=O)c1ccc(C)cc1Br.C[CH-]C.Cc1ccc(C(=O)c2ccc(Cl)cc2F)c(Br)c1.Cn1cc(B2OC(C)(C)C(C)(C)O2)c(CNC(=O)OC(C)(C)C)cc1=O.Cn1cc(Br)c(CNC(=O)OC(C)(C)C)cc1=O.Fc1[c-]ccc(Cl)c1.Fc1cc(Cl)ccc1I.O=C(c1ccc(Cl)cc1F)c1ccc(C(Br)Br)cc1Br.[Cl-].[I-].[Mg+2].[Mg+2]. The number of ketones is 2. The summed E-state index contributed by atoms with van der Waals surface area (Å²) in [5.74, 6) is -2.84. The van der Waals surface area contributed by atoms with Crippen LogP contribution in [0.25, 0.3) is 0 Å². The largest absolute Gasteiger partial charge is 2.00 e. The minimum atomic E-state index is -0.627. The molecule has 5 heterocycles. The summed E-state index contributed by atoms with van der Waals surface area (Å²) < 4.78 is 105. The second kappa shape index (κ2) is 59.7. The van der Waals surface area contributed by atoms with Crippen molar-refractivity contribution in [2.24, 2.45) is 14.1 Å². The standard InChI is InChI=1S/C18H29BN2O5.C14H7Br3ClFO.C14H9BrClFO.C12H24B2O4.C12H17BrN2O3.C10H12BrNO2.C6H3ClFI.C6H3ClF.C3H7.ClH.HI.2Mg/c1-16(2,3)24-15(23)20-10-12-9-14(22)21(8)11-13(12)19-25-17(4,5)18(6,7)26-19;15-11-5-7(14(16)17)1-3-9(11)13(20)10-4-2-8(18)6-12(10)19;1-8-2-4-10(12(15)6-8)14(18)11-5-3-9(16)7-13(11)17;1-9(2)10(3,4)16-13(15-9)14-17-11(5,6)12(7,8)18-14;1-12(2,3)18-11(17)14-6-8-5-10(16)15(4)7-9(8)13;1-7-4-5-8(9(11)6-7)10(13)12(2)14-3;7-4-1-2-6(9)5(8)3-4;7-5-2-1-3-6(8)4-5;1-3-2;;;;/h9,11H,10H2,1-8H3,(H,20,23);1-6,14H;2-7H,1H3;1-8H3;5,7H,6H2,1-4H3,(H,14,17);4-6H,1-3H3;1-3H;1-2,4H;3H,1-2H3;2*1H;;/q;;;;;;;2*-1;;;2*+2/p-2. The van der Waals surface area contributed by atoms with Crippen molar-refractivity contribution in [1.29, 1.82) is 0 Å². The summed E-state index contributed by atoms with van der Waals surface area (Å²) in [5.41, 5.74) is 2.72. The minimum Gasteiger partial charge on any atom is -1.00 e. The Balaban J connectivity index is 0.00000157. The van der Waals surface area contributed by atoms with Gasteiger partial charge in [0.1, 0.15) is 28.7 Å².